The molecular weight excluding hydrogens is 249 g/mol. The molecule has 1 fully saturated rings. The van der Waals surface area contributed by atoms with Crippen LogP contribution < -0.4 is 5.32 Å². The first-order valence-electron chi connectivity index (χ1n) is 5.72. The lowest BCUT2D eigenvalue weighted by atomic mass is 9.88. The first-order valence-corrected chi connectivity index (χ1v) is 5.72. The minimum absolute atomic E-state index is 0.0263. The summed E-state index contributed by atoms with van der Waals surface area (Å²) in [6.07, 6.45) is -3.77. The molecule has 102 valence electrons. The molecule has 1 heterocycles. The highest BCUT2D eigenvalue weighted by atomic mass is 19.4. The van der Waals surface area contributed by atoms with Gasteiger partial charge in [-0.15, -0.1) is 0 Å². The number of alkyl halides is 3. The molecule has 0 unspecified atom stereocenters. The number of nitrogens with one attached hydrogen (secondary N) is 2. The maximum absolute atomic E-state index is 12.7. The maximum Gasteiger partial charge on any atom is 0.432 e. The summed E-state index contributed by atoms with van der Waals surface area (Å²) in [6, 6.07) is 0. The van der Waals surface area contributed by atoms with E-state index in [1.165, 1.54) is 0 Å². The third-order valence-electron chi connectivity index (χ3n) is 3.27. The third kappa shape index (κ3) is 2.37. The fourth-order valence-electron chi connectivity index (χ4n) is 2.36. The van der Waals surface area contributed by atoms with E-state index in [2.05, 4.69) is 5.32 Å². The second-order valence-electron chi connectivity index (χ2n) is 4.36. The van der Waals surface area contributed by atoms with E-state index in [4.69, 9.17) is 14.9 Å². The van der Waals surface area contributed by atoms with Crippen LogP contribution in [0.1, 0.15) is 19.3 Å². The van der Waals surface area contributed by atoms with Gasteiger partial charge in [-0.3, -0.25) is 5.41 Å². The fourth-order valence-corrected chi connectivity index (χ4v) is 2.36. The number of hydrogen-bond acceptors (Lipinski definition) is 4. The van der Waals surface area contributed by atoms with Crippen molar-refractivity contribution in [2.45, 2.75) is 31.2 Å². The van der Waals surface area contributed by atoms with Crippen molar-refractivity contribution in [1.82, 2.24) is 5.32 Å². The summed E-state index contributed by atoms with van der Waals surface area (Å²) in [5.74, 6) is -0.965. The average Bonchev–Trinajstić information content (AvgIpc) is 2.75. The Morgan fingerprint density at radius 3 is 2.44 bits per heavy atom. The summed E-state index contributed by atoms with van der Waals surface area (Å²) >= 11 is 0. The van der Waals surface area contributed by atoms with Gasteiger partial charge in [-0.2, -0.15) is 13.2 Å². The van der Waals surface area contributed by atoms with Gasteiger partial charge in [0.15, 0.2) is 5.79 Å². The number of rotatable bonds is 2. The summed E-state index contributed by atoms with van der Waals surface area (Å²) < 4.78 is 48.8. The lowest BCUT2D eigenvalue weighted by Crippen LogP contribution is -2.39. The number of ether oxygens (including phenoxy) is 2. The van der Waals surface area contributed by atoms with Crippen LogP contribution in [-0.4, -0.2) is 37.9 Å². The van der Waals surface area contributed by atoms with Gasteiger partial charge >= 0.3 is 6.18 Å². The molecule has 2 aliphatic rings. The van der Waals surface area contributed by atoms with Crippen LogP contribution in [0.3, 0.4) is 0 Å². The normalized spacial score (nSPS) is 23.6. The quantitative estimate of drug-likeness (QED) is 0.750. The highest BCUT2D eigenvalue weighted by molar-refractivity contribution is 6.02. The minimum atomic E-state index is -4.64. The summed E-state index contributed by atoms with van der Waals surface area (Å²) in [6.45, 7) is 0.781. The van der Waals surface area contributed by atoms with Crippen LogP contribution in [-0.2, 0) is 9.47 Å². The predicted molar refractivity (Wildman–Crippen MR) is 58.4 cm³/mol. The van der Waals surface area contributed by atoms with Crippen molar-refractivity contribution in [1.29, 1.82) is 5.41 Å². The third-order valence-corrected chi connectivity index (χ3v) is 3.27. The van der Waals surface area contributed by atoms with Crippen molar-refractivity contribution < 1.29 is 22.6 Å². The molecule has 0 aromatic carbocycles. The van der Waals surface area contributed by atoms with Crippen molar-refractivity contribution in [2.75, 3.05) is 20.3 Å². The first kappa shape index (κ1) is 13.4. The van der Waals surface area contributed by atoms with Crippen LogP contribution >= 0.6 is 0 Å². The molecule has 2 rings (SSSR count). The van der Waals surface area contributed by atoms with Crippen molar-refractivity contribution in [3.63, 3.8) is 0 Å². The van der Waals surface area contributed by atoms with Crippen LogP contribution in [0, 0.1) is 5.41 Å². The second-order valence-corrected chi connectivity index (χ2v) is 4.36. The molecule has 0 aromatic heterocycles. The van der Waals surface area contributed by atoms with Gasteiger partial charge in [0.25, 0.3) is 0 Å². The van der Waals surface area contributed by atoms with E-state index in [1.54, 1.807) is 7.05 Å². The SMILES string of the molecule is CNC1=C(C(=N)C(F)(F)F)CC2(CC1)OCCO2. The van der Waals surface area contributed by atoms with Gasteiger partial charge in [-0.25, -0.2) is 0 Å². The van der Waals surface area contributed by atoms with Gasteiger partial charge in [0.1, 0.15) is 5.71 Å². The zero-order chi connectivity index (χ0) is 13.4. The lowest BCUT2D eigenvalue weighted by Gasteiger charge is -2.34. The Morgan fingerprint density at radius 1 is 1.33 bits per heavy atom. The van der Waals surface area contributed by atoms with Crippen LogP contribution in [0.25, 0.3) is 0 Å². The van der Waals surface area contributed by atoms with E-state index in [-0.39, 0.29) is 12.0 Å². The van der Waals surface area contributed by atoms with E-state index in [1.807, 2.05) is 0 Å². The summed E-state index contributed by atoms with van der Waals surface area (Å²) in [5, 5.41) is 10.0. The van der Waals surface area contributed by atoms with Gasteiger partial charge in [0.05, 0.1) is 13.2 Å². The first-order chi connectivity index (χ1) is 8.38. The molecule has 4 nitrogen and oxygen atoms in total. The van der Waals surface area contributed by atoms with E-state index in [0.717, 1.165) is 0 Å². The highest BCUT2D eigenvalue weighted by Gasteiger charge is 2.46. The Hall–Kier alpha value is -1.08. The average molecular weight is 264 g/mol. The van der Waals surface area contributed by atoms with E-state index in [9.17, 15) is 13.2 Å². The number of halogens is 3. The van der Waals surface area contributed by atoms with E-state index in [0.29, 0.717) is 31.8 Å². The summed E-state index contributed by atoms with van der Waals surface area (Å²) in [4.78, 5) is 0. The molecule has 0 atom stereocenters. The van der Waals surface area contributed by atoms with Gasteiger partial charge in [-0.1, -0.05) is 0 Å². The van der Waals surface area contributed by atoms with E-state index < -0.39 is 17.7 Å². The summed E-state index contributed by atoms with van der Waals surface area (Å²) in [5.41, 5.74) is -0.926. The Bertz CT molecular complexity index is 384. The van der Waals surface area contributed by atoms with Crippen LogP contribution in [0.15, 0.2) is 11.3 Å². The molecule has 7 heteroatoms. The topological polar surface area (TPSA) is 54.3 Å². The molecular formula is C11H15F3N2O2. The molecule has 0 bridgehead atoms. The molecule has 1 aliphatic heterocycles. The predicted octanol–water partition coefficient (Wildman–Crippen LogP) is 1.97. The monoisotopic (exact) mass is 264 g/mol. The van der Waals surface area contributed by atoms with Crippen molar-refractivity contribution in [3.05, 3.63) is 11.3 Å². The smallest absolute Gasteiger partial charge is 0.391 e. The van der Waals surface area contributed by atoms with Crippen LogP contribution in [0.4, 0.5) is 13.2 Å². The second kappa shape index (κ2) is 4.55. The van der Waals surface area contributed by atoms with Crippen LogP contribution in [0.5, 0.6) is 0 Å². The van der Waals surface area contributed by atoms with Gasteiger partial charge in [0, 0.05) is 31.2 Å². The molecule has 1 spiro atoms. The number of hydrogen-bond donors (Lipinski definition) is 2. The molecule has 2 N–H and O–H groups in total. The zero-order valence-electron chi connectivity index (χ0n) is 9.99. The Labute approximate surface area is 103 Å². The highest BCUT2D eigenvalue weighted by Crippen LogP contribution is 2.40. The standard InChI is InChI=1S/C11H15F3N2O2/c1-16-8-2-3-10(17-4-5-18-10)6-7(8)9(15)11(12,13)14/h15-16H,2-6H2,1H3. The number of allylic oxidation sites excluding steroid dienone is 1. The molecule has 0 saturated carbocycles. The molecule has 18 heavy (non-hydrogen) atoms. The zero-order valence-corrected chi connectivity index (χ0v) is 9.99. The van der Waals surface area contributed by atoms with Gasteiger partial charge < -0.3 is 14.8 Å². The molecule has 1 aliphatic carbocycles. The summed E-state index contributed by atoms with van der Waals surface area (Å²) in [7, 11) is 1.56. The lowest BCUT2D eigenvalue weighted by molar-refractivity contribution is -0.163. The van der Waals surface area contributed by atoms with E-state index >= 15 is 0 Å². The molecule has 0 aromatic rings. The largest absolute Gasteiger partial charge is 0.432 e. The molecule has 1 saturated heterocycles. The Morgan fingerprint density at radius 2 is 1.94 bits per heavy atom. The van der Waals surface area contributed by atoms with Crippen molar-refractivity contribution in [3.8, 4) is 0 Å². The molecule has 0 radical (unpaired) electrons. The molecule has 0 amide bonds. The van der Waals surface area contributed by atoms with Gasteiger partial charge in [-0.05, 0) is 6.42 Å². The van der Waals surface area contributed by atoms with Crippen molar-refractivity contribution >= 4 is 5.71 Å². The maximum atomic E-state index is 12.7. The fraction of sp³-hybridized carbons (Fsp3) is 0.727. The minimum Gasteiger partial charge on any atom is -0.391 e. The Kier molecular flexibility index (Phi) is 3.37. The Balaban J connectivity index is 2.28. The van der Waals surface area contributed by atoms with Crippen LogP contribution in [0.2, 0.25) is 0 Å². The van der Waals surface area contributed by atoms with Gasteiger partial charge in [0.2, 0.25) is 0 Å². The van der Waals surface area contributed by atoms with Crippen molar-refractivity contribution in [2.24, 2.45) is 0 Å².